The van der Waals surface area contributed by atoms with Gasteiger partial charge in [-0.15, -0.1) is 6.42 Å². The summed E-state index contributed by atoms with van der Waals surface area (Å²) in [6, 6.07) is 7.88. The van der Waals surface area contributed by atoms with E-state index in [0.717, 1.165) is 42.2 Å². The van der Waals surface area contributed by atoms with Gasteiger partial charge in [-0.3, -0.25) is 0 Å². The highest BCUT2D eigenvalue weighted by Crippen LogP contribution is 2.17. The van der Waals surface area contributed by atoms with E-state index >= 15 is 0 Å². The molecule has 0 amide bonds. The van der Waals surface area contributed by atoms with Crippen LogP contribution in [-0.2, 0) is 6.54 Å². The van der Waals surface area contributed by atoms with Gasteiger partial charge in [0.05, 0.1) is 18.4 Å². The van der Waals surface area contributed by atoms with Crippen LogP contribution in [0.5, 0.6) is 0 Å². The summed E-state index contributed by atoms with van der Waals surface area (Å²) in [7, 11) is 0. The third kappa shape index (κ3) is 4.56. The molecule has 0 bridgehead atoms. The number of aromatic nitrogens is 2. The Morgan fingerprint density at radius 3 is 2.55 bits per heavy atom. The topological polar surface area (TPSA) is 40.7 Å². The third-order valence-corrected chi connectivity index (χ3v) is 2.71. The number of hydrogen-bond acceptors (Lipinski definition) is 2. The quantitative estimate of drug-likeness (QED) is 0.643. The summed E-state index contributed by atoms with van der Waals surface area (Å²) in [6.07, 6.45) is 8.31. The largest absolute Gasteiger partial charge is 0.341 e. The van der Waals surface area contributed by atoms with Crippen molar-refractivity contribution in [2.75, 3.05) is 6.54 Å². The molecule has 3 heteroatoms. The Kier molecular flexibility index (Phi) is 7.16. The van der Waals surface area contributed by atoms with Crippen LogP contribution in [0.4, 0.5) is 0 Å². The maximum atomic E-state index is 5.33. The third-order valence-electron chi connectivity index (χ3n) is 2.71. The van der Waals surface area contributed by atoms with Gasteiger partial charge in [0.1, 0.15) is 5.82 Å². The monoisotopic (exact) mass is 269 g/mol. The fourth-order valence-electron chi connectivity index (χ4n) is 1.73. The number of rotatable bonds is 5. The van der Waals surface area contributed by atoms with E-state index in [1.807, 2.05) is 44.3 Å². The fraction of sp³-hybridized carbons (Fsp3) is 0.353. The highest BCUT2D eigenvalue weighted by atomic mass is 15.0. The molecule has 1 heterocycles. The van der Waals surface area contributed by atoms with Crippen molar-refractivity contribution < 1.29 is 0 Å². The number of terminal acetylenes is 1. The lowest BCUT2D eigenvalue weighted by Crippen LogP contribution is -2.14. The number of nitrogens with zero attached hydrogens (tertiary/aromatic N) is 1. The second-order valence-corrected chi connectivity index (χ2v) is 4.14. The van der Waals surface area contributed by atoms with Crippen LogP contribution >= 0.6 is 0 Å². The molecule has 0 atom stereocenters. The first-order valence-corrected chi connectivity index (χ1v) is 7.15. The zero-order chi connectivity index (χ0) is 14.8. The van der Waals surface area contributed by atoms with Crippen molar-refractivity contribution in [1.29, 1.82) is 0 Å². The van der Waals surface area contributed by atoms with Crippen molar-refractivity contribution in [1.82, 2.24) is 15.3 Å². The Hall–Kier alpha value is -2.05. The van der Waals surface area contributed by atoms with Gasteiger partial charge in [-0.05, 0) is 30.7 Å². The van der Waals surface area contributed by atoms with Crippen LogP contribution < -0.4 is 5.32 Å². The minimum Gasteiger partial charge on any atom is -0.341 e. The maximum Gasteiger partial charge on any atom is 0.120 e. The zero-order valence-electron chi connectivity index (χ0n) is 12.5. The minimum absolute atomic E-state index is 0.774. The van der Waals surface area contributed by atoms with Gasteiger partial charge in [0.2, 0.25) is 0 Å². The number of nitrogens with one attached hydrogen (secondary N) is 2. The molecule has 3 nitrogen and oxygen atoms in total. The molecule has 0 unspecified atom stereocenters. The number of hydrogen-bond donors (Lipinski definition) is 2. The molecule has 1 aromatic carbocycles. The Morgan fingerprint density at radius 2 is 1.95 bits per heavy atom. The molecule has 106 valence electrons. The second kappa shape index (κ2) is 8.95. The van der Waals surface area contributed by atoms with E-state index in [4.69, 9.17) is 6.42 Å². The molecule has 0 saturated heterocycles. The summed E-state index contributed by atoms with van der Waals surface area (Å²) in [5.74, 6) is 3.57. The normalized spacial score (nSPS) is 9.50. The molecule has 2 N–H and O–H groups in total. The SMILES string of the molecule is C#Cc1ccc(-c2cnc(CNCCC)[nH]2)cc1.CC. The van der Waals surface area contributed by atoms with E-state index < -0.39 is 0 Å². The first-order chi connectivity index (χ1) is 9.83. The lowest BCUT2D eigenvalue weighted by molar-refractivity contribution is 0.655. The van der Waals surface area contributed by atoms with Crippen LogP contribution in [0.2, 0.25) is 0 Å². The summed E-state index contributed by atoms with van der Waals surface area (Å²) >= 11 is 0. The molecule has 2 aromatic rings. The van der Waals surface area contributed by atoms with E-state index in [0.29, 0.717) is 0 Å². The molecule has 0 aliphatic heterocycles. The highest BCUT2D eigenvalue weighted by Gasteiger charge is 2.02. The highest BCUT2D eigenvalue weighted by molar-refractivity contribution is 5.59. The van der Waals surface area contributed by atoms with E-state index in [2.05, 4.69) is 28.1 Å². The first kappa shape index (κ1) is 16.0. The lowest BCUT2D eigenvalue weighted by Gasteiger charge is -2.00. The van der Waals surface area contributed by atoms with Crippen LogP contribution in [0.1, 0.15) is 38.6 Å². The Bertz CT molecular complexity index is 532. The molecule has 0 spiro atoms. The average Bonchev–Trinajstić information content (AvgIpc) is 2.98. The molecule has 20 heavy (non-hydrogen) atoms. The first-order valence-electron chi connectivity index (χ1n) is 7.15. The van der Waals surface area contributed by atoms with E-state index in [1.165, 1.54) is 0 Å². The number of imidazole rings is 1. The summed E-state index contributed by atoms with van der Waals surface area (Å²) in [5, 5.41) is 3.31. The van der Waals surface area contributed by atoms with Crippen LogP contribution in [0, 0.1) is 12.3 Å². The van der Waals surface area contributed by atoms with Gasteiger partial charge in [-0.1, -0.05) is 38.8 Å². The van der Waals surface area contributed by atoms with Gasteiger partial charge < -0.3 is 10.3 Å². The summed E-state index contributed by atoms with van der Waals surface area (Å²) in [4.78, 5) is 7.65. The molecule has 0 radical (unpaired) electrons. The van der Waals surface area contributed by atoms with Gasteiger partial charge in [0.15, 0.2) is 0 Å². The van der Waals surface area contributed by atoms with Crippen LogP contribution in [-0.4, -0.2) is 16.5 Å². The summed E-state index contributed by atoms with van der Waals surface area (Å²) in [6.45, 7) is 7.93. The second-order valence-electron chi connectivity index (χ2n) is 4.14. The van der Waals surface area contributed by atoms with Gasteiger partial charge >= 0.3 is 0 Å². The fourth-order valence-corrected chi connectivity index (χ4v) is 1.73. The van der Waals surface area contributed by atoms with Crippen molar-refractivity contribution in [3.63, 3.8) is 0 Å². The number of benzene rings is 1. The van der Waals surface area contributed by atoms with Crippen LogP contribution in [0.3, 0.4) is 0 Å². The Morgan fingerprint density at radius 1 is 1.25 bits per heavy atom. The van der Waals surface area contributed by atoms with Crippen molar-refractivity contribution >= 4 is 0 Å². The Labute approximate surface area is 121 Å². The van der Waals surface area contributed by atoms with Gasteiger partial charge in [0.25, 0.3) is 0 Å². The molecular weight excluding hydrogens is 246 g/mol. The summed E-state index contributed by atoms with van der Waals surface area (Å²) in [5.41, 5.74) is 3.01. The van der Waals surface area contributed by atoms with E-state index in [1.54, 1.807) is 0 Å². The maximum absolute atomic E-state index is 5.33. The smallest absolute Gasteiger partial charge is 0.120 e. The number of aromatic amines is 1. The molecular formula is C17H23N3. The van der Waals surface area contributed by atoms with Gasteiger partial charge in [-0.2, -0.15) is 0 Å². The molecule has 0 fully saturated rings. The Balaban J connectivity index is 0.000000956. The van der Waals surface area contributed by atoms with Crippen LogP contribution in [0.15, 0.2) is 30.5 Å². The zero-order valence-corrected chi connectivity index (χ0v) is 12.5. The van der Waals surface area contributed by atoms with Crippen molar-refractivity contribution in [3.05, 3.63) is 41.9 Å². The minimum atomic E-state index is 0.774. The summed E-state index contributed by atoms with van der Waals surface area (Å²) < 4.78 is 0. The predicted octanol–water partition coefficient (Wildman–Crippen LogP) is 3.58. The predicted molar refractivity (Wildman–Crippen MR) is 85.3 cm³/mol. The van der Waals surface area contributed by atoms with Crippen LogP contribution in [0.25, 0.3) is 11.3 Å². The van der Waals surface area contributed by atoms with E-state index in [-0.39, 0.29) is 0 Å². The lowest BCUT2D eigenvalue weighted by atomic mass is 10.1. The van der Waals surface area contributed by atoms with Crippen molar-refractivity contribution in [2.45, 2.75) is 33.7 Å². The molecule has 0 aliphatic carbocycles. The average molecular weight is 269 g/mol. The standard InChI is InChI=1S/C15H17N3.C2H6/c1-3-9-16-11-15-17-10-14(18-15)13-7-5-12(4-2)6-8-13;1-2/h2,5-8,10,16H,3,9,11H2,1H3,(H,17,18);1-2H3. The van der Waals surface area contributed by atoms with Crippen molar-refractivity contribution in [2.24, 2.45) is 0 Å². The molecule has 1 aromatic heterocycles. The van der Waals surface area contributed by atoms with E-state index in [9.17, 15) is 0 Å². The molecule has 2 rings (SSSR count). The van der Waals surface area contributed by atoms with Gasteiger partial charge in [-0.25, -0.2) is 4.98 Å². The van der Waals surface area contributed by atoms with Crippen molar-refractivity contribution in [3.8, 4) is 23.6 Å². The van der Waals surface area contributed by atoms with Gasteiger partial charge in [0, 0.05) is 5.56 Å². The molecule has 0 saturated carbocycles. The number of H-pyrrole nitrogens is 1. The molecule has 0 aliphatic rings.